The second-order valence-corrected chi connectivity index (χ2v) is 8.64. The number of nitrogens with zero attached hydrogens (tertiary/aromatic N) is 3. The van der Waals surface area contributed by atoms with Gasteiger partial charge in [0.15, 0.2) is 4.96 Å². The molecule has 0 unspecified atom stereocenters. The number of imidazole rings is 1. The lowest BCUT2D eigenvalue weighted by Gasteiger charge is -2.34. The van der Waals surface area contributed by atoms with Crippen LogP contribution in [0.25, 0.3) is 15.7 Å². The van der Waals surface area contributed by atoms with Crippen LogP contribution in [0, 0.1) is 0 Å². The molecule has 1 fully saturated rings. The van der Waals surface area contributed by atoms with Gasteiger partial charge in [-0.2, -0.15) is 0 Å². The molecule has 1 saturated heterocycles. The van der Waals surface area contributed by atoms with Gasteiger partial charge in [0.2, 0.25) is 11.8 Å². The quantitative estimate of drug-likeness (QED) is 0.490. The van der Waals surface area contributed by atoms with Crippen molar-refractivity contribution in [2.24, 2.45) is 0 Å². The lowest BCUT2D eigenvalue weighted by molar-refractivity contribution is -0.134. The molecule has 7 nitrogen and oxygen atoms in total. The Hall–Kier alpha value is -3.23. The zero-order valence-electron chi connectivity index (χ0n) is 17.0. The average Bonchev–Trinajstić information content (AvgIpc) is 3.37. The minimum Gasteiger partial charge on any atom is -0.353 e. The number of fused-ring (bicyclic) bond motifs is 2. The van der Waals surface area contributed by atoms with E-state index >= 15 is 0 Å². The molecule has 2 aromatic heterocycles. The van der Waals surface area contributed by atoms with E-state index in [1.54, 1.807) is 11.3 Å². The van der Waals surface area contributed by atoms with Crippen LogP contribution in [0.2, 0.25) is 0 Å². The third-order valence-corrected chi connectivity index (χ3v) is 6.40. The maximum Gasteiger partial charge on any atom is 0.237 e. The molecule has 1 aliphatic heterocycles. The summed E-state index contributed by atoms with van der Waals surface area (Å²) in [6.45, 7) is 2.30. The van der Waals surface area contributed by atoms with Gasteiger partial charge in [0.25, 0.3) is 0 Å². The molecule has 5 rings (SSSR count). The number of carbonyl (C=O) groups is 2. The number of carbonyl (C=O) groups excluding carboxylic acids is 2. The molecule has 2 aromatic carbocycles. The van der Waals surface area contributed by atoms with Crippen molar-refractivity contribution in [2.75, 3.05) is 13.1 Å². The Morgan fingerprint density at radius 2 is 2.10 bits per heavy atom. The van der Waals surface area contributed by atoms with E-state index < -0.39 is 6.04 Å². The Labute approximate surface area is 183 Å². The molecule has 158 valence electrons. The molecule has 0 bridgehead atoms. The lowest BCUT2D eigenvalue weighted by atomic mass is 10.0. The predicted molar refractivity (Wildman–Crippen MR) is 121 cm³/mol. The van der Waals surface area contributed by atoms with Gasteiger partial charge in [-0.1, -0.05) is 36.4 Å². The summed E-state index contributed by atoms with van der Waals surface area (Å²) in [7, 11) is 0. The van der Waals surface area contributed by atoms with Crippen molar-refractivity contribution in [3.05, 3.63) is 71.5 Å². The molecule has 2 N–H and O–H groups in total. The molecule has 0 radical (unpaired) electrons. The summed E-state index contributed by atoms with van der Waals surface area (Å²) in [5, 5.41) is 10.1. The van der Waals surface area contributed by atoms with Crippen LogP contribution in [0.3, 0.4) is 0 Å². The van der Waals surface area contributed by atoms with E-state index in [1.165, 1.54) is 10.8 Å². The Morgan fingerprint density at radius 3 is 2.97 bits per heavy atom. The highest BCUT2D eigenvalue weighted by Gasteiger charge is 2.31. The third-order valence-electron chi connectivity index (χ3n) is 5.63. The lowest BCUT2D eigenvalue weighted by Crippen LogP contribution is -2.56. The number of amides is 2. The van der Waals surface area contributed by atoms with Crippen LogP contribution in [0.4, 0.5) is 0 Å². The Bertz CT molecular complexity index is 1220. The van der Waals surface area contributed by atoms with Gasteiger partial charge in [0.1, 0.15) is 0 Å². The van der Waals surface area contributed by atoms with E-state index in [1.807, 2.05) is 34.3 Å². The number of nitrogens with one attached hydrogen (secondary N) is 2. The highest BCUT2D eigenvalue weighted by atomic mass is 32.1. The SMILES string of the molecule is O=C(C[C@@H]1C(=O)NCCN1Cc1ccc2ccccc2c1)NCc1cn2ccsc2n1. The molecular weight excluding hydrogens is 410 g/mol. The largest absolute Gasteiger partial charge is 0.353 e. The fourth-order valence-electron chi connectivity index (χ4n) is 4.04. The summed E-state index contributed by atoms with van der Waals surface area (Å²) in [6, 6.07) is 14.1. The highest BCUT2D eigenvalue weighted by Crippen LogP contribution is 2.19. The van der Waals surface area contributed by atoms with Gasteiger partial charge in [0, 0.05) is 37.4 Å². The molecule has 31 heavy (non-hydrogen) atoms. The standard InChI is InChI=1S/C23H23N5O2S/c29-21(25-13-19-15-28-9-10-31-23(28)26-19)12-20-22(30)24-7-8-27(20)14-16-5-6-17-3-1-2-4-18(17)11-16/h1-6,9-11,15,20H,7-8,12-14H2,(H,24,30)(H,25,29)/t20-/m1/s1. The Morgan fingerprint density at radius 1 is 1.23 bits per heavy atom. The fraction of sp³-hybridized carbons (Fsp3) is 0.261. The molecule has 3 heterocycles. The fourth-order valence-corrected chi connectivity index (χ4v) is 4.76. The van der Waals surface area contributed by atoms with Crippen LogP contribution in [0.5, 0.6) is 0 Å². The van der Waals surface area contributed by atoms with Crippen LogP contribution >= 0.6 is 11.3 Å². The first-order valence-electron chi connectivity index (χ1n) is 10.3. The Kier molecular flexibility index (Phi) is 5.40. The monoisotopic (exact) mass is 433 g/mol. The van der Waals surface area contributed by atoms with Crippen LogP contribution in [0.15, 0.2) is 60.2 Å². The summed E-state index contributed by atoms with van der Waals surface area (Å²) < 4.78 is 1.94. The first-order chi connectivity index (χ1) is 15.2. The van der Waals surface area contributed by atoms with E-state index in [0.29, 0.717) is 26.2 Å². The number of benzene rings is 2. The van der Waals surface area contributed by atoms with Gasteiger partial charge >= 0.3 is 0 Å². The number of rotatable bonds is 6. The number of thiazole rings is 1. The molecule has 0 aliphatic carbocycles. The predicted octanol–water partition coefficient (Wildman–Crippen LogP) is 2.56. The van der Waals surface area contributed by atoms with E-state index in [0.717, 1.165) is 16.2 Å². The summed E-state index contributed by atoms with van der Waals surface area (Å²) in [6.07, 6.45) is 3.97. The maximum absolute atomic E-state index is 12.6. The van der Waals surface area contributed by atoms with Crippen LogP contribution < -0.4 is 10.6 Å². The van der Waals surface area contributed by atoms with Crippen molar-refractivity contribution < 1.29 is 9.59 Å². The molecule has 4 aromatic rings. The number of piperazine rings is 1. The zero-order valence-corrected chi connectivity index (χ0v) is 17.8. The summed E-state index contributed by atoms with van der Waals surface area (Å²) in [4.78, 5) is 32.6. The summed E-state index contributed by atoms with van der Waals surface area (Å²) >= 11 is 1.55. The number of hydrogen-bond donors (Lipinski definition) is 2. The van der Waals surface area contributed by atoms with Gasteiger partial charge in [-0.3, -0.25) is 18.9 Å². The first-order valence-corrected chi connectivity index (χ1v) is 11.2. The first kappa shape index (κ1) is 19.7. The topological polar surface area (TPSA) is 78.7 Å². The zero-order chi connectivity index (χ0) is 21.2. The van der Waals surface area contributed by atoms with Gasteiger partial charge in [-0.15, -0.1) is 11.3 Å². The van der Waals surface area contributed by atoms with Gasteiger partial charge in [-0.05, 0) is 22.4 Å². The highest BCUT2D eigenvalue weighted by molar-refractivity contribution is 7.15. The second kappa shape index (κ2) is 8.49. The van der Waals surface area contributed by atoms with E-state index in [9.17, 15) is 9.59 Å². The van der Waals surface area contributed by atoms with Crippen molar-refractivity contribution >= 4 is 38.9 Å². The average molecular weight is 434 g/mol. The molecule has 8 heteroatoms. The van der Waals surface area contributed by atoms with Crippen LogP contribution in [0.1, 0.15) is 17.7 Å². The molecule has 1 atom stereocenters. The van der Waals surface area contributed by atoms with Crippen molar-refractivity contribution in [1.82, 2.24) is 24.9 Å². The number of aromatic nitrogens is 2. The minimum absolute atomic E-state index is 0.0929. The van der Waals surface area contributed by atoms with Gasteiger partial charge in [-0.25, -0.2) is 4.98 Å². The van der Waals surface area contributed by atoms with Crippen molar-refractivity contribution in [3.8, 4) is 0 Å². The minimum atomic E-state index is -0.481. The normalized spacial score (nSPS) is 17.2. The van der Waals surface area contributed by atoms with Gasteiger partial charge < -0.3 is 10.6 Å². The third kappa shape index (κ3) is 4.30. The Balaban J connectivity index is 1.24. The summed E-state index contributed by atoms with van der Waals surface area (Å²) in [5.41, 5.74) is 1.94. The van der Waals surface area contributed by atoms with Gasteiger partial charge in [0.05, 0.1) is 24.7 Å². The van der Waals surface area contributed by atoms with E-state index in [4.69, 9.17) is 0 Å². The molecule has 1 aliphatic rings. The molecule has 0 spiro atoms. The molecular formula is C23H23N5O2S. The second-order valence-electron chi connectivity index (χ2n) is 7.76. The smallest absolute Gasteiger partial charge is 0.237 e. The van der Waals surface area contributed by atoms with E-state index in [-0.39, 0.29) is 18.2 Å². The summed E-state index contributed by atoms with van der Waals surface area (Å²) in [5.74, 6) is -0.244. The van der Waals surface area contributed by atoms with Crippen molar-refractivity contribution in [1.29, 1.82) is 0 Å². The van der Waals surface area contributed by atoms with E-state index in [2.05, 4.69) is 50.8 Å². The maximum atomic E-state index is 12.6. The van der Waals surface area contributed by atoms with Crippen LogP contribution in [-0.2, 0) is 22.7 Å². The molecule has 0 saturated carbocycles. The van der Waals surface area contributed by atoms with Crippen LogP contribution in [-0.4, -0.2) is 45.2 Å². The molecule has 2 amide bonds. The van der Waals surface area contributed by atoms with Crippen molar-refractivity contribution in [3.63, 3.8) is 0 Å². The van der Waals surface area contributed by atoms with Crippen molar-refractivity contribution in [2.45, 2.75) is 25.6 Å². The number of hydrogen-bond acceptors (Lipinski definition) is 5.